The Morgan fingerprint density at radius 1 is 0.348 bits per heavy atom. The first-order valence-electron chi connectivity index (χ1n) is 22.7. The summed E-state index contributed by atoms with van der Waals surface area (Å²) in [6.07, 6.45) is 0. The molecule has 4 nitrogen and oxygen atoms in total. The van der Waals surface area contributed by atoms with Crippen LogP contribution in [-0.4, -0.2) is 21.3 Å². The van der Waals surface area contributed by atoms with Gasteiger partial charge in [0.2, 0.25) is 0 Å². The highest BCUT2D eigenvalue weighted by atomic mass is 35.5. The van der Waals surface area contributed by atoms with Crippen molar-refractivity contribution >= 4 is 141 Å². The number of rotatable bonds is 3. The fraction of sp³-hybridized carbons (Fsp3) is 0. The molecule has 1 N–H and O–H groups in total. The van der Waals surface area contributed by atoms with Crippen LogP contribution in [0.25, 0.3) is 118 Å². The zero-order valence-corrected chi connectivity index (χ0v) is 38.4. The molecule has 0 aliphatic heterocycles. The van der Waals surface area contributed by atoms with Crippen molar-refractivity contribution < 1.29 is 14.7 Å². The van der Waals surface area contributed by atoms with Crippen molar-refractivity contribution in [2.45, 2.75) is 0 Å². The van der Waals surface area contributed by atoms with Crippen molar-refractivity contribution in [3.05, 3.63) is 236 Å². The summed E-state index contributed by atoms with van der Waals surface area (Å²) < 4.78 is 1.23. The van der Waals surface area contributed by atoms with Gasteiger partial charge in [-0.3, -0.25) is 4.79 Å². The summed E-state index contributed by atoms with van der Waals surface area (Å²) in [6.45, 7) is 0. The number of carboxylic acid groups (broad SMARTS) is 1. The second-order valence-electron chi connectivity index (χ2n) is 17.1. The number of carbonyl (C=O) groups is 2. The molecule has 0 unspecified atom stereocenters. The first kappa shape index (κ1) is 41.9. The number of hydrogen-bond acceptors (Lipinski definition) is 4. The van der Waals surface area contributed by atoms with E-state index in [9.17, 15) is 14.7 Å². The summed E-state index contributed by atoms with van der Waals surface area (Å²) in [6, 6.07) is 76.5. The summed E-state index contributed by atoms with van der Waals surface area (Å²) in [4.78, 5) is 27.5. The Balaban J connectivity index is 0.000000108. The van der Waals surface area contributed by atoms with Gasteiger partial charge in [0, 0.05) is 11.1 Å². The van der Waals surface area contributed by atoms with Gasteiger partial charge in [-0.25, -0.2) is 9.78 Å². The molecular weight excluding hydrogens is 886 g/mol. The van der Waals surface area contributed by atoms with Crippen LogP contribution in [0.2, 0.25) is 0 Å². The van der Waals surface area contributed by atoms with Crippen molar-refractivity contribution in [3.63, 3.8) is 0 Å². The van der Waals surface area contributed by atoms with Gasteiger partial charge in [-0.2, -0.15) is 0 Å². The fourth-order valence-electron chi connectivity index (χ4n) is 10.1. The average molecular weight is 925 g/mol. The van der Waals surface area contributed by atoms with Gasteiger partial charge in [-0.1, -0.05) is 182 Å². The van der Waals surface area contributed by atoms with Crippen molar-refractivity contribution in [3.8, 4) is 10.6 Å². The van der Waals surface area contributed by atoms with E-state index in [1.165, 1.54) is 64.1 Å². The molecule has 0 bridgehead atoms. The second-order valence-corrected chi connectivity index (χ2v) is 18.5. The molecule has 69 heavy (non-hydrogen) atoms. The predicted molar refractivity (Wildman–Crippen MR) is 293 cm³/mol. The van der Waals surface area contributed by atoms with Crippen LogP contribution in [0.5, 0.6) is 0 Å². The normalized spacial score (nSPS) is 11.4. The molecule has 326 valence electrons. The molecule has 0 radical (unpaired) electrons. The van der Waals surface area contributed by atoms with Gasteiger partial charge in [0.1, 0.15) is 5.01 Å². The van der Waals surface area contributed by atoms with E-state index in [1.807, 2.05) is 66.7 Å². The molecule has 0 spiro atoms. The summed E-state index contributed by atoms with van der Waals surface area (Å²) in [5, 5.41) is 31.4. The molecule has 0 saturated carbocycles. The summed E-state index contributed by atoms with van der Waals surface area (Å²) >= 11 is 7.39. The summed E-state index contributed by atoms with van der Waals surface area (Å²) in [5.41, 5.74) is 3.11. The number of para-hydroxylation sites is 1. The first-order valence-corrected chi connectivity index (χ1v) is 23.9. The predicted octanol–water partition coefficient (Wildman–Crippen LogP) is 17.8. The minimum atomic E-state index is -0.894. The summed E-state index contributed by atoms with van der Waals surface area (Å²) in [7, 11) is 0. The van der Waals surface area contributed by atoms with E-state index in [1.54, 1.807) is 29.5 Å². The third-order valence-corrected chi connectivity index (χ3v) is 14.6. The lowest BCUT2D eigenvalue weighted by Crippen LogP contribution is -1.95. The Kier molecular flexibility index (Phi) is 10.5. The highest BCUT2D eigenvalue weighted by Crippen LogP contribution is 2.40. The topological polar surface area (TPSA) is 67.3 Å². The van der Waals surface area contributed by atoms with Crippen molar-refractivity contribution in [1.29, 1.82) is 0 Å². The van der Waals surface area contributed by atoms with Crippen LogP contribution in [-0.2, 0) is 0 Å². The number of hydrogen-bond donors (Lipinski definition) is 1. The van der Waals surface area contributed by atoms with Crippen LogP contribution >= 0.6 is 22.9 Å². The van der Waals surface area contributed by atoms with Crippen LogP contribution < -0.4 is 0 Å². The van der Waals surface area contributed by atoms with Gasteiger partial charge in [0.25, 0.3) is 5.24 Å². The van der Waals surface area contributed by atoms with Crippen LogP contribution in [0.1, 0.15) is 20.7 Å². The number of aromatic nitrogens is 1. The zero-order chi connectivity index (χ0) is 46.6. The number of carboxylic acids is 1. The zero-order valence-electron chi connectivity index (χ0n) is 36.9. The number of carbonyl (C=O) groups excluding carboxylic acids is 1. The Labute approximate surface area is 404 Å². The van der Waals surface area contributed by atoms with E-state index < -0.39 is 11.2 Å². The van der Waals surface area contributed by atoms with Crippen LogP contribution in [0.4, 0.5) is 0 Å². The monoisotopic (exact) mass is 923 g/mol. The van der Waals surface area contributed by atoms with Gasteiger partial charge >= 0.3 is 5.97 Å². The van der Waals surface area contributed by atoms with Gasteiger partial charge in [0.05, 0.1) is 15.8 Å². The molecule has 0 aliphatic carbocycles. The van der Waals surface area contributed by atoms with Crippen LogP contribution in [0, 0.1) is 0 Å². The molecule has 0 saturated heterocycles. The number of aromatic carboxylic acids is 1. The molecular formula is C63H38ClNO3S. The average Bonchev–Trinajstić information content (AvgIpc) is 3.86. The highest BCUT2D eigenvalue weighted by Gasteiger charge is 2.14. The maximum atomic E-state index is 11.5. The maximum absolute atomic E-state index is 11.5. The SMILES string of the molecule is O=C(Cl)c1ccc2c3ccccc3c3ccccc3c2c1.O=C(O)c1ccc2c3ccccc3c3ccccc3c2c1.c1ccc2sc(-c3ccc4c5ccccc5c5ccccc5c4c3)nc2c1. The smallest absolute Gasteiger partial charge is 0.335 e. The molecule has 13 aromatic carbocycles. The number of halogens is 1. The van der Waals surface area contributed by atoms with E-state index in [0.29, 0.717) is 11.1 Å². The summed E-state index contributed by atoms with van der Waals surface area (Å²) in [5.74, 6) is -0.894. The number of fused-ring (bicyclic) bond motifs is 19. The molecule has 6 heteroatoms. The Morgan fingerprint density at radius 2 is 0.652 bits per heavy atom. The quantitative estimate of drug-likeness (QED) is 0.142. The molecule has 0 aliphatic rings. The second kappa shape index (κ2) is 17.3. The van der Waals surface area contributed by atoms with Gasteiger partial charge in [-0.15, -0.1) is 11.3 Å². The van der Waals surface area contributed by atoms with Crippen LogP contribution in [0.15, 0.2) is 224 Å². The van der Waals surface area contributed by atoms with E-state index >= 15 is 0 Å². The molecule has 0 fully saturated rings. The first-order chi connectivity index (χ1) is 33.9. The fourth-order valence-corrected chi connectivity index (χ4v) is 11.2. The van der Waals surface area contributed by atoms with Crippen molar-refractivity contribution in [2.75, 3.05) is 0 Å². The highest BCUT2D eigenvalue weighted by molar-refractivity contribution is 7.21. The van der Waals surface area contributed by atoms with Crippen LogP contribution in [0.3, 0.4) is 0 Å². The third kappa shape index (κ3) is 7.36. The molecule has 0 atom stereocenters. The van der Waals surface area contributed by atoms with Gasteiger partial charge in [-0.05, 0) is 151 Å². The number of nitrogens with zero attached hydrogens (tertiary/aromatic N) is 1. The standard InChI is InChI=1S/C25H15NS.C19H11ClO.C19H12O2/c1-2-9-19-17(7-1)18-8-3-4-10-20(18)22-15-16(13-14-21(19)22)25-26-23-11-5-6-12-24(23)27-25;2*20-19(21)12-9-10-17-15-7-2-1-5-13(15)14-6-3-4-8-16(14)18(17)11-12/h1-15H;1-11H;1-11H,(H,20,21). The molecule has 14 rings (SSSR count). The largest absolute Gasteiger partial charge is 0.478 e. The lowest BCUT2D eigenvalue weighted by molar-refractivity contribution is 0.0697. The van der Waals surface area contributed by atoms with Crippen molar-refractivity contribution in [2.24, 2.45) is 0 Å². The van der Waals surface area contributed by atoms with E-state index in [2.05, 4.69) is 140 Å². The Hall–Kier alpha value is -8.48. The van der Waals surface area contributed by atoms with Gasteiger partial charge < -0.3 is 5.11 Å². The lowest BCUT2D eigenvalue weighted by atomic mass is 9.93. The molecule has 1 aromatic heterocycles. The Bertz CT molecular complexity index is 4100. The molecule has 1 heterocycles. The molecule has 0 amide bonds. The third-order valence-electron chi connectivity index (χ3n) is 13.2. The Morgan fingerprint density at radius 3 is 1.03 bits per heavy atom. The number of benzene rings is 13. The minimum Gasteiger partial charge on any atom is -0.478 e. The lowest BCUT2D eigenvalue weighted by Gasteiger charge is -2.11. The van der Waals surface area contributed by atoms with Gasteiger partial charge in [0.15, 0.2) is 0 Å². The maximum Gasteiger partial charge on any atom is 0.335 e. The number of thiazole rings is 1. The van der Waals surface area contributed by atoms with E-state index in [4.69, 9.17) is 16.6 Å². The minimum absolute atomic E-state index is 0.322. The van der Waals surface area contributed by atoms with E-state index in [0.717, 1.165) is 53.6 Å². The molecule has 14 aromatic rings. The van der Waals surface area contributed by atoms with Crippen molar-refractivity contribution in [1.82, 2.24) is 4.98 Å². The van der Waals surface area contributed by atoms with E-state index in [-0.39, 0.29) is 0 Å².